The molecule has 0 spiro atoms. The van der Waals surface area contributed by atoms with E-state index in [0.717, 1.165) is 31.3 Å². The zero-order valence-corrected chi connectivity index (χ0v) is 16.1. The monoisotopic (exact) mass is 364 g/mol. The van der Waals surface area contributed by atoms with Gasteiger partial charge in [-0.05, 0) is 32.1 Å². The minimum Gasteiger partial charge on any atom is -0.469 e. The molecular weight excluding hydrogens is 336 g/mol. The van der Waals surface area contributed by atoms with Crippen LogP contribution in [0.5, 0.6) is 0 Å². The van der Waals surface area contributed by atoms with Crippen LogP contribution in [0.2, 0.25) is 0 Å². The first-order chi connectivity index (χ1) is 12.1. The summed E-state index contributed by atoms with van der Waals surface area (Å²) in [7, 11) is 1.40. The lowest BCUT2D eigenvalue weighted by molar-refractivity contribution is -0.140. The van der Waals surface area contributed by atoms with Crippen molar-refractivity contribution in [1.82, 2.24) is 0 Å². The lowest BCUT2D eigenvalue weighted by atomic mass is 9.97. The zero-order chi connectivity index (χ0) is 18.5. The Balaban J connectivity index is 2.46. The molecule has 138 valence electrons. The third-order valence-electron chi connectivity index (χ3n) is 4.15. The molecule has 1 atom stereocenters. The van der Waals surface area contributed by atoms with Crippen LogP contribution in [0.1, 0.15) is 58.3 Å². The number of halogens is 1. The summed E-state index contributed by atoms with van der Waals surface area (Å²) in [5.41, 5.74) is 0.760. The lowest BCUT2D eigenvalue weighted by Gasteiger charge is -2.06. The second kappa shape index (κ2) is 12.7. The SMILES string of the molecule is CCCCC/C=C/C=C1\C(=O)C(Cl)=CC1C/C=C\CCCC(=O)OC. The predicted octanol–water partition coefficient (Wildman–Crippen LogP) is 5.66. The number of hydrogen-bond donors (Lipinski definition) is 0. The van der Waals surface area contributed by atoms with Gasteiger partial charge in [0.2, 0.25) is 5.78 Å². The topological polar surface area (TPSA) is 43.4 Å². The first-order valence-electron chi connectivity index (χ1n) is 9.10. The molecule has 0 radical (unpaired) electrons. The number of hydrogen-bond acceptors (Lipinski definition) is 3. The Hall–Kier alpha value is -1.61. The van der Waals surface area contributed by atoms with E-state index in [1.807, 2.05) is 24.3 Å². The fourth-order valence-corrected chi connectivity index (χ4v) is 2.91. The lowest BCUT2D eigenvalue weighted by Crippen LogP contribution is -2.02. The largest absolute Gasteiger partial charge is 0.469 e. The highest BCUT2D eigenvalue weighted by Crippen LogP contribution is 2.31. The van der Waals surface area contributed by atoms with Crippen molar-refractivity contribution in [2.75, 3.05) is 7.11 Å². The molecule has 0 aromatic rings. The summed E-state index contributed by atoms with van der Waals surface area (Å²) in [4.78, 5) is 23.2. The molecular formula is C21H29ClO3. The Morgan fingerprint density at radius 2 is 1.96 bits per heavy atom. The molecule has 4 heteroatoms. The van der Waals surface area contributed by atoms with E-state index in [2.05, 4.69) is 23.8 Å². The molecule has 1 aliphatic carbocycles. The maximum absolute atomic E-state index is 12.1. The molecule has 0 aromatic heterocycles. The van der Waals surface area contributed by atoms with Crippen molar-refractivity contribution in [2.45, 2.75) is 58.3 Å². The Labute approximate surface area is 156 Å². The van der Waals surface area contributed by atoms with Gasteiger partial charge in [-0.3, -0.25) is 9.59 Å². The van der Waals surface area contributed by atoms with Crippen LogP contribution in [0.3, 0.4) is 0 Å². The Morgan fingerprint density at radius 3 is 2.68 bits per heavy atom. The Bertz CT molecular complexity index is 555. The van der Waals surface area contributed by atoms with E-state index in [1.165, 1.54) is 26.4 Å². The number of unbranched alkanes of at least 4 members (excludes halogenated alkanes) is 4. The average Bonchev–Trinajstić information content (AvgIpc) is 2.88. The minimum absolute atomic E-state index is 0.0390. The molecule has 0 heterocycles. The van der Waals surface area contributed by atoms with E-state index in [4.69, 9.17) is 11.6 Å². The van der Waals surface area contributed by atoms with E-state index < -0.39 is 0 Å². The second-order valence-corrected chi connectivity index (χ2v) is 6.58. The minimum atomic E-state index is -0.180. The van der Waals surface area contributed by atoms with Gasteiger partial charge in [-0.1, -0.05) is 67.8 Å². The van der Waals surface area contributed by atoms with Crippen molar-refractivity contribution in [3.8, 4) is 0 Å². The number of allylic oxidation sites excluding steroid dienone is 8. The van der Waals surface area contributed by atoms with Gasteiger partial charge in [0.1, 0.15) is 0 Å². The summed E-state index contributed by atoms with van der Waals surface area (Å²) in [6.07, 6.45) is 19.4. The number of ketones is 1. The number of carbonyl (C=O) groups excluding carboxylic acids is 2. The summed E-state index contributed by atoms with van der Waals surface area (Å²) in [5, 5.41) is 0.315. The van der Waals surface area contributed by atoms with Crippen LogP contribution in [0, 0.1) is 5.92 Å². The molecule has 0 fully saturated rings. The van der Waals surface area contributed by atoms with Crippen LogP contribution in [-0.4, -0.2) is 18.9 Å². The van der Waals surface area contributed by atoms with Crippen molar-refractivity contribution < 1.29 is 14.3 Å². The van der Waals surface area contributed by atoms with Gasteiger partial charge in [-0.25, -0.2) is 0 Å². The Morgan fingerprint density at radius 1 is 1.20 bits per heavy atom. The quantitative estimate of drug-likeness (QED) is 0.205. The number of carbonyl (C=O) groups is 2. The van der Waals surface area contributed by atoms with Gasteiger partial charge in [-0.15, -0.1) is 0 Å². The van der Waals surface area contributed by atoms with Gasteiger partial charge in [0.05, 0.1) is 12.1 Å². The zero-order valence-electron chi connectivity index (χ0n) is 15.3. The van der Waals surface area contributed by atoms with E-state index in [1.54, 1.807) is 0 Å². The summed E-state index contributed by atoms with van der Waals surface area (Å²) < 4.78 is 4.61. The van der Waals surface area contributed by atoms with Gasteiger partial charge < -0.3 is 4.74 Å². The summed E-state index contributed by atoms with van der Waals surface area (Å²) in [6, 6.07) is 0. The van der Waals surface area contributed by atoms with Crippen molar-refractivity contribution in [1.29, 1.82) is 0 Å². The number of ether oxygens (including phenoxy) is 1. The number of rotatable bonds is 11. The highest BCUT2D eigenvalue weighted by atomic mass is 35.5. The highest BCUT2D eigenvalue weighted by molar-refractivity contribution is 6.46. The number of esters is 1. The average molecular weight is 365 g/mol. The van der Waals surface area contributed by atoms with Crippen molar-refractivity contribution >= 4 is 23.4 Å². The van der Waals surface area contributed by atoms with Crippen molar-refractivity contribution in [3.05, 3.63) is 47.1 Å². The van der Waals surface area contributed by atoms with Crippen LogP contribution >= 0.6 is 11.6 Å². The number of methoxy groups -OCH3 is 1. The molecule has 0 aliphatic heterocycles. The predicted molar refractivity (Wildman–Crippen MR) is 103 cm³/mol. The molecule has 25 heavy (non-hydrogen) atoms. The molecule has 0 saturated heterocycles. The normalized spacial score (nSPS) is 19.3. The maximum Gasteiger partial charge on any atom is 0.305 e. The molecule has 1 unspecified atom stereocenters. The van der Waals surface area contributed by atoms with Gasteiger partial charge in [-0.2, -0.15) is 0 Å². The van der Waals surface area contributed by atoms with Crippen LogP contribution in [0.25, 0.3) is 0 Å². The highest BCUT2D eigenvalue weighted by Gasteiger charge is 2.27. The third-order valence-corrected chi connectivity index (χ3v) is 4.45. The van der Waals surface area contributed by atoms with Crippen LogP contribution < -0.4 is 0 Å². The third kappa shape index (κ3) is 8.35. The molecule has 0 saturated carbocycles. The fourth-order valence-electron chi connectivity index (χ4n) is 2.65. The van der Waals surface area contributed by atoms with E-state index in [-0.39, 0.29) is 17.7 Å². The summed E-state index contributed by atoms with van der Waals surface area (Å²) >= 11 is 6.02. The van der Waals surface area contributed by atoms with E-state index >= 15 is 0 Å². The van der Waals surface area contributed by atoms with Gasteiger partial charge in [0.25, 0.3) is 0 Å². The molecule has 3 nitrogen and oxygen atoms in total. The number of Topliss-reactive ketones (excluding diaryl/α,β-unsaturated/α-hetero) is 1. The summed E-state index contributed by atoms with van der Waals surface area (Å²) in [5.74, 6) is -0.207. The molecule has 0 bridgehead atoms. The summed E-state index contributed by atoms with van der Waals surface area (Å²) in [6.45, 7) is 2.18. The standard InChI is InChI=1S/C21H29ClO3/c1-3-4-5-6-7-11-14-18-17(16-19(22)21(18)24)13-10-8-9-12-15-20(23)25-2/h7-8,10-11,14,16-17H,3-6,9,12-13,15H2,1-2H3/b10-8-,11-7+,18-14-. The van der Waals surface area contributed by atoms with Gasteiger partial charge in [0, 0.05) is 17.9 Å². The Kier molecular flexibility index (Phi) is 10.9. The van der Waals surface area contributed by atoms with Gasteiger partial charge in [0.15, 0.2) is 0 Å². The molecule has 1 aliphatic rings. The fraction of sp³-hybridized carbons (Fsp3) is 0.524. The van der Waals surface area contributed by atoms with Crippen molar-refractivity contribution in [3.63, 3.8) is 0 Å². The van der Waals surface area contributed by atoms with E-state index in [9.17, 15) is 9.59 Å². The van der Waals surface area contributed by atoms with Crippen LogP contribution in [0.15, 0.2) is 47.1 Å². The molecule has 0 aromatic carbocycles. The second-order valence-electron chi connectivity index (χ2n) is 6.17. The first-order valence-corrected chi connectivity index (χ1v) is 9.48. The van der Waals surface area contributed by atoms with Gasteiger partial charge >= 0.3 is 5.97 Å². The first kappa shape index (κ1) is 21.4. The smallest absolute Gasteiger partial charge is 0.305 e. The van der Waals surface area contributed by atoms with Crippen LogP contribution in [-0.2, 0) is 14.3 Å². The molecule has 1 rings (SSSR count). The maximum atomic E-state index is 12.1. The molecule has 0 amide bonds. The van der Waals surface area contributed by atoms with Crippen LogP contribution in [0.4, 0.5) is 0 Å². The van der Waals surface area contributed by atoms with E-state index in [0.29, 0.717) is 11.5 Å². The molecule has 0 N–H and O–H groups in total. The van der Waals surface area contributed by atoms with Crippen molar-refractivity contribution in [2.24, 2.45) is 5.92 Å².